The number of methoxy groups -OCH3 is 2. The highest BCUT2D eigenvalue weighted by Gasteiger charge is 2.04. The highest BCUT2D eigenvalue weighted by atomic mass is 16.5. The van der Waals surface area contributed by atoms with E-state index in [1.54, 1.807) is 20.4 Å². The number of anilines is 2. The Morgan fingerprint density at radius 3 is 2.55 bits per heavy atom. The van der Waals surface area contributed by atoms with E-state index in [4.69, 9.17) is 15.2 Å². The Labute approximate surface area is 118 Å². The van der Waals surface area contributed by atoms with Crippen LogP contribution in [0, 0.1) is 0 Å². The SMILES string of the molecule is COc1ccc(CCNc2ccc(N)cn2)cc1OC. The predicted octanol–water partition coefficient (Wildman–Crippen LogP) is 2.34. The first kappa shape index (κ1) is 14.0. The van der Waals surface area contributed by atoms with Crippen LogP contribution in [0.1, 0.15) is 5.56 Å². The van der Waals surface area contributed by atoms with E-state index in [1.165, 1.54) is 5.56 Å². The fraction of sp³-hybridized carbons (Fsp3) is 0.267. The number of aromatic nitrogens is 1. The molecule has 1 heterocycles. The highest BCUT2D eigenvalue weighted by molar-refractivity contribution is 5.45. The number of ether oxygens (including phenoxy) is 2. The van der Waals surface area contributed by atoms with Crippen LogP contribution in [0.15, 0.2) is 36.5 Å². The average molecular weight is 273 g/mol. The summed E-state index contributed by atoms with van der Waals surface area (Å²) >= 11 is 0. The van der Waals surface area contributed by atoms with Crippen molar-refractivity contribution in [3.63, 3.8) is 0 Å². The first-order chi connectivity index (χ1) is 9.72. The van der Waals surface area contributed by atoms with Gasteiger partial charge in [0.1, 0.15) is 5.82 Å². The van der Waals surface area contributed by atoms with E-state index in [-0.39, 0.29) is 0 Å². The van der Waals surface area contributed by atoms with Gasteiger partial charge in [-0.05, 0) is 36.2 Å². The summed E-state index contributed by atoms with van der Waals surface area (Å²) in [5.41, 5.74) is 7.42. The second kappa shape index (κ2) is 6.65. The molecule has 2 aromatic rings. The monoisotopic (exact) mass is 273 g/mol. The van der Waals surface area contributed by atoms with Crippen LogP contribution in [-0.2, 0) is 6.42 Å². The zero-order valence-corrected chi connectivity index (χ0v) is 11.7. The molecule has 0 aliphatic rings. The topological polar surface area (TPSA) is 69.4 Å². The second-order valence-corrected chi connectivity index (χ2v) is 4.34. The van der Waals surface area contributed by atoms with E-state index >= 15 is 0 Å². The van der Waals surface area contributed by atoms with Crippen molar-refractivity contribution in [2.75, 3.05) is 31.8 Å². The fourth-order valence-electron chi connectivity index (χ4n) is 1.88. The van der Waals surface area contributed by atoms with E-state index in [9.17, 15) is 0 Å². The maximum atomic E-state index is 5.59. The lowest BCUT2D eigenvalue weighted by atomic mass is 10.1. The van der Waals surface area contributed by atoms with Crippen LogP contribution in [-0.4, -0.2) is 25.7 Å². The smallest absolute Gasteiger partial charge is 0.160 e. The van der Waals surface area contributed by atoms with Crippen LogP contribution in [0.4, 0.5) is 11.5 Å². The van der Waals surface area contributed by atoms with E-state index in [0.717, 1.165) is 30.3 Å². The number of benzene rings is 1. The molecule has 5 nitrogen and oxygen atoms in total. The van der Waals surface area contributed by atoms with Gasteiger partial charge in [0.15, 0.2) is 11.5 Å². The summed E-state index contributed by atoms with van der Waals surface area (Å²) in [6, 6.07) is 9.61. The van der Waals surface area contributed by atoms with Crippen LogP contribution in [0.2, 0.25) is 0 Å². The number of rotatable bonds is 6. The lowest BCUT2D eigenvalue weighted by Gasteiger charge is -2.10. The molecule has 5 heteroatoms. The van der Waals surface area contributed by atoms with Crippen molar-refractivity contribution in [2.45, 2.75) is 6.42 Å². The number of nitrogens with zero attached hydrogens (tertiary/aromatic N) is 1. The molecule has 1 aromatic carbocycles. The molecule has 0 fully saturated rings. The normalized spacial score (nSPS) is 10.1. The number of hydrogen-bond donors (Lipinski definition) is 2. The van der Waals surface area contributed by atoms with Gasteiger partial charge in [0.2, 0.25) is 0 Å². The highest BCUT2D eigenvalue weighted by Crippen LogP contribution is 2.27. The van der Waals surface area contributed by atoms with E-state index in [1.807, 2.05) is 30.3 Å². The predicted molar refractivity (Wildman–Crippen MR) is 80.4 cm³/mol. The second-order valence-electron chi connectivity index (χ2n) is 4.34. The maximum Gasteiger partial charge on any atom is 0.160 e. The van der Waals surface area contributed by atoms with E-state index < -0.39 is 0 Å². The minimum atomic E-state index is 0.662. The molecule has 106 valence electrons. The first-order valence-electron chi connectivity index (χ1n) is 6.39. The minimum absolute atomic E-state index is 0.662. The summed E-state index contributed by atoms with van der Waals surface area (Å²) in [5, 5.41) is 3.25. The summed E-state index contributed by atoms with van der Waals surface area (Å²) in [7, 11) is 3.27. The molecule has 0 aliphatic heterocycles. The van der Waals surface area contributed by atoms with Crippen molar-refractivity contribution in [1.82, 2.24) is 4.98 Å². The Kier molecular flexibility index (Phi) is 4.65. The number of nitrogens with two attached hydrogens (primary N) is 1. The van der Waals surface area contributed by atoms with Crippen molar-refractivity contribution in [3.05, 3.63) is 42.1 Å². The van der Waals surface area contributed by atoms with Gasteiger partial charge in [0.05, 0.1) is 26.1 Å². The number of pyridine rings is 1. The Hall–Kier alpha value is -2.43. The molecule has 1 aromatic heterocycles. The molecule has 0 saturated heterocycles. The summed E-state index contributed by atoms with van der Waals surface area (Å²) in [4.78, 5) is 4.19. The minimum Gasteiger partial charge on any atom is -0.493 e. The average Bonchev–Trinajstić information content (AvgIpc) is 2.49. The third-order valence-electron chi connectivity index (χ3n) is 2.95. The van der Waals surface area contributed by atoms with Gasteiger partial charge in [-0.3, -0.25) is 0 Å². The number of nitrogen functional groups attached to an aromatic ring is 1. The van der Waals surface area contributed by atoms with Crippen LogP contribution in [0.5, 0.6) is 11.5 Å². The largest absolute Gasteiger partial charge is 0.493 e. The van der Waals surface area contributed by atoms with Gasteiger partial charge in [0, 0.05) is 6.54 Å². The maximum absolute atomic E-state index is 5.59. The molecular weight excluding hydrogens is 254 g/mol. The lowest BCUT2D eigenvalue weighted by molar-refractivity contribution is 0.354. The van der Waals surface area contributed by atoms with Crippen molar-refractivity contribution >= 4 is 11.5 Å². The van der Waals surface area contributed by atoms with Crippen molar-refractivity contribution < 1.29 is 9.47 Å². The molecule has 0 amide bonds. The third kappa shape index (κ3) is 3.54. The molecule has 0 atom stereocenters. The molecular formula is C15H19N3O2. The van der Waals surface area contributed by atoms with Gasteiger partial charge >= 0.3 is 0 Å². The molecule has 0 bridgehead atoms. The molecule has 20 heavy (non-hydrogen) atoms. The Balaban J connectivity index is 1.92. The summed E-state index contributed by atoms with van der Waals surface area (Å²) in [5.74, 6) is 2.31. The molecule has 0 spiro atoms. The zero-order valence-electron chi connectivity index (χ0n) is 11.7. The molecule has 0 saturated carbocycles. The van der Waals surface area contributed by atoms with Crippen LogP contribution in [0.3, 0.4) is 0 Å². The van der Waals surface area contributed by atoms with Gasteiger partial charge in [-0.25, -0.2) is 4.98 Å². The summed E-state index contributed by atoms with van der Waals surface area (Å²) in [6.45, 7) is 0.784. The molecule has 0 aliphatic carbocycles. The first-order valence-corrected chi connectivity index (χ1v) is 6.39. The number of nitrogens with one attached hydrogen (secondary N) is 1. The van der Waals surface area contributed by atoms with E-state index in [0.29, 0.717) is 5.69 Å². The molecule has 2 rings (SSSR count). The van der Waals surface area contributed by atoms with Crippen molar-refractivity contribution in [3.8, 4) is 11.5 Å². The van der Waals surface area contributed by atoms with Gasteiger partial charge in [-0.1, -0.05) is 6.07 Å². The van der Waals surface area contributed by atoms with Crippen LogP contribution in [0.25, 0.3) is 0 Å². The fourth-order valence-corrected chi connectivity index (χ4v) is 1.88. The van der Waals surface area contributed by atoms with Crippen molar-refractivity contribution in [1.29, 1.82) is 0 Å². The Bertz CT molecular complexity index is 556. The Morgan fingerprint density at radius 1 is 1.10 bits per heavy atom. The standard InChI is InChI=1S/C15H19N3O2/c1-19-13-5-3-11(9-14(13)20-2)7-8-17-15-6-4-12(16)10-18-15/h3-6,9-10H,7-8,16H2,1-2H3,(H,17,18). The zero-order chi connectivity index (χ0) is 14.4. The van der Waals surface area contributed by atoms with Gasteiger partial charge in [-0.2, -0.15) is 0 Å². The molecule has 0 radical (unpaired) electrons. The molecule has 0 unspecified atom stereocenters. The van der Waals surface area contributed by atoms with Crippen molar-refractivity contribution in [2.24, 2.45) is 0 Å². The van der Waals surface area contributed by atoms with Gasteiger partial charge < -0.3 is 20.5 Å². The quantitative estimate of drug-likeness (QED) is 0.845. The van der Waals surface area contributed by atoms with Crippen LogP contribution < -0.4 is 20.5 Å². The van der Waals surface area contributed by atoms with Gasteiger partial charge in [0.25, 0.3) is 0 Å². The van der Waals surface area contributed by atoms with Crippen LogP contribution >= 0.6 is 0 Å². The van der Waals surface area contributed by atoms with Gasteiger partial charge in [-0.15, -0.1) is 0 Å². The molecule has 3 N–H and O–H groups in total. The summed E-state index contributed by atoms with van der Waals surface area (Å²) < 4.78 is 10.5. The van der Waals surface area contributed by atoms with E-state index in [2.05, 4.69) is 10.3 Å². The number of hydrogen-bond acceptors (Lipinski definition) is 5. The summed E-state index contributed by atoms with van der Waals surface area (Å²) in [6.07, 6.45) is 2.51. The third-order valence-corrected chi connectivity index (χ3v) is 2.95. The lowest BCUT2D eigenvalue weighted by Crippen LogP contribution is -2.06. The Morgan fingerprint density at radius 2 is 1.90 bits per heavy atom.